The van der Waals surface area contributed by atoms with E-state index in [4.69, 9.17) is 0 Å². The summed E-state index contributed by atoms with van der Waals surface area (Å²) in [7, 11) is 0. The first kappa shape index (κ1) is 16.1. The third-order valence-corrected chi connectivity index (χ3v) is 4.74. The van der Waals surface area contributed by atoms with Gasteiger partial charge in [0.1, 0.15) is 5.82 Å². The Morgan fingerprint density at radius 2 is 1.92 bits per heavy atom. The number of hydrogen-bond donors (Lipinski definition) is 1. The fourth-order valence-electron chi connectivity index (χ4n) is 3.44. The molecule has 0 aliphatic carbocycles. The predicted octanol–water partition coefficient (Wildman–Crippen LogP) is 4.57. The van der Waals surface area contributed by atoms with E-state index < -0.39 is 11.7 Å². The van der Waals surface area contributed by atoms with Gasteiger partial charge in [-0.1, -0.05) is 30.3 Å². The van der Waals surface area contributed by atoms with Crippen LogP contribution in [0.3, 0.4) is 0 Å². The number of H-pyrrole nitrogens is 1. The molecule has 1 saturated heterocycles. The fourth-order valence-corrected chi connectivity index (χ4v) is 3.44. The normalized spacial score (nSPS) is 18.9. The van der Waals surface area contributed by atoms with Crippen molar-refractivity contribution in [2.75, 3.05) is 13.1 Å². The summed E-state index contributed by atoms with van der Waals surface area (Å²) < 4.78 is 38.5. The van der Waals surface area contributed by atoms with E-state index in [0.29, 0.717) is 11.0 Å². The molecular weight excluding hydrogens is 327 g/mol. The van der Waals surface area contributed by atoms with Crippen molar-refractivity contribution >= 4 is 11.0 Å². The van der Waals surface area contributed by atoms with Gasteiger partial charge in [-0.25, -0.2) is 4.98 Å². The molecule has 6 heteroatoms. The summed E-state index contributed by atoms with van der Waals surface area (Å²) in [6.07, 6.45) is -3.38. The van der Waals surface area contributed by atoms with Gasteiger partial charge in [-0.3, -0.25) is 4.90 Å². The first-order valence-corrected chi connectivity index (χ1v) is 8.32. The molecule has 2 heterocycles. The molecule has 1 unspecified atom stereocenters. The molecule has 1 N–H and O–H groups in total. The second kappa shape index (κ2) is 6.19. The molecule has 0 spiro atoms. The minimum atomic E-state index is -4.33. The van der Waals surface area contributed by atoms with Crippen molar-refractivity contribution in [3.05, 3.63) is 65.5 Å². The van der Waals surface area contributed by atoms with E-state index in [-0.39, 0.29) is 5.92 Å². The Bertz CT molecular complexity index is 871. The zero-order valence-corrected chi connectivity index (χ0v) is 13.6. The third kappa shape index (κ3) is 3.39. The van der Waals surface area contributed by atoms with Crippen LogP contribution in [0.1, 0.15) is 29.3 Å². The van der Waals surface area contributed by atoms with Gasteiger partial charge in [0.15, 0.2) is 0 Å². The molecule has 3 aromatic rings. The van der Waals surface area contributed by atoms with Gasteiger partial charge in [-0.2, -0.15) is 13.2 Å². The van der Waals surface area contributed by atoms with Crippen LogP contribution < -0.4 is 0 Å². The van der Waals surface area contributed by atoms with E-state index in [1.54, 1.807) is 0 Å². The van der Waals surface area contributed by atoms with Gasteiger partial charge in [0.05, 0.1) is 16.6 Å². The summed E-state index contributed by atoms with van der Waals surface area (Å²) in [6, 6.07) is 13.9. The van der Waals surface area contributed by atoms with Crippen molar-refractivity contribution in [3.8, 4) is 0 Å². The second-order valence-corrected chi connectivity index (χ2v) is 6.56. The number of hydrogen-bond acceptors (Lipinski definition) is 2. The number of likely N-dealkylation sites (tertiary alicyclic amines) is 1. The average molecular weight is 345 g/mol. The molecule has 1 aromatic heterocycles. The summed E-state index contributed by atoms with van der Waals surface area (Å²) in [6.45, 7) is 2.71. The molecule has 0 amide bonds. The molecule has 1 atom stereocenters. The quantitative estimate of drug-likeness (QED) is 0.754. The Hall–Kier alpha value is -2.34. The number of benzene rings is 2. The Kier molecular flexibility index (Phi) is 4.00. The summed E-state index contributed by atoms with van der Waals surface area (Å²) in [5.74, 6) is 1.01. The molecule has 1 aliphatic rings. The topological polar surface area (TPSA) is 31.9 Å². The van der Waals surface area contributed by atoms with Gasteiger partial charge in [0, 0.05) is 19.0 Å². The van der Waals surface area contributed by atoms with E-state index in [1.165, 1.54) is 11.6 Å². The number of nitrogens with zero attached hydrogens (tertiary/aromatic N) is 2. The molecule has 0 bridgehead atoms. The number of nitrogens with one attached hydrogen (secondary N) is 1. The van der Waals surface area contributed by atoms with Crippen LogP contribution in [0.2, 0.25) is 0 Å². The van der Waals surface area contributed by atoms with E-state index in [9.17, 15) is 13.2 Å². The van der Waals surface area contributed by atoms with Crippen LogP contribution in [0.15, 0.2) is 48.5 Å². The number of fused-ring (bicyclic) bond motifs is 1. The van der Waals surface area contributed by atoms with Crippen molar-refractivity contribution in [1.29, 1.82) is 0 Å². The standard InChI is InChI=1S/C19H18F3N3/c20-19(21,22)15-6-7-16-17(10-15)24-18(23-16)14-8-9-25(12-14)11-13-4-2-1-3-5-13/h1-7,10,14H,8-9,11-12H2,(H,23,24). The molecular formula is C19H18F3N3. The van der Waals surface area contributed by atoms with Gasteiger partial charge in [0.2, 0.25) is 0 Å². The summed E-state index contributed by atoms with van der Waals surface area (Å²) >= 11 is 0. The molecule has 130 valence electrons. The lowest BCUT2D eigenvalue weighted by molar-refractivity contribution is -0.137. The molecule has 0 saturated carbocycles. The number of imidazole rings is 1. The van der Waals surface area contributed by atoms with Crippen molar-refractivity contribution in [2.24, 2.45) is 0 Å². The van der Waals surface area contributed by atoms with Crippen LogP contribution in [-0.2, 0) is 12.7 Å². The summed E-state index contributed by atoms with van der Waals surface area (Å²) in [4.78, 5) is 9.96. The highest BCUT2D eigenvalue weighted by Gasteiger charge is 2.31. The van der Waals surface area contributed by atoms with Gasteiger partial charge in [-0.05, 0) is 36.7 Å². The van der Waals surface area contributed by atoms with E-state index in [1.807, 2.05) is 18.2 Å². The highest BCUT2D eigenvalue weighted by atomic mass is 19.4. The van der Waals surface area contributed by atoms with E-state index in [2.05, 4.69) is 27.0 Å². The number of halogens is 3. The van der Waals surface area contributed by atoms with Crippen LogP contribution >= 0.6 is 0 Å². The zero-order valence-electron chi connectivity index (χ0n) is 13.6. The number of aromatic amines is 1. The number of aromatic nitrogens is 2. The molecule has 25 heavy (non-hydrogen) atoms. The Labute approximate surface area is 143 Å². The summed E-state index contributed by atoms with van der Waals surface area (Å²) in [5, 5.41) is 0. The number of rotatable bonds is 3. The predicted molar refractivity (Wildman–Crippen MR) is 90.2 cm³/mol. The van der Waals surface area contributed by atoms with Gasteiger partial charge in [0.25, 0.3) is 0 Å². The van der Waals surface area contributed by atoms with Gasteiger partial charge < -0.3 is 4.98 Å². The van der Waals surface area contributed by atoms with Crippen LogP contribution in [0, 0.1) is 0 Å². The van der Waals surface area contributed by atoms with E-state index in [0.717, 1.165) is 44.0 Å². The van der Waals surface area contributed by atoms with Crippen LogP contribution in [0.25, 0.3) is 11.0 Å². The SMILES string of the molecule is FC(F)(F)c1ccc2nc(C3CCN(Cc4ccccc4)C3)[nH]c2c1. The van der Waals surface area contributed by atoms with Crippen LogP contribution in [0.5, 0.6) is 0 Å². The lowest BCUT2D eigenvalue weighted by Crippen LogP contribution is -2.19. The molecule has 2 aromatic carbocycles. The maximum atomic E-state index is 12.8. The maximum absolute atomic E-state index is 12.8. The lowest BCUT2D eigenvalue weighted by atomic mass is 10.1. The Balaban J connectivity index is 1.50. The second-order valence-electron chi connectivity index (χ2n) is 6.56. The van der Waals surface area contributed by atoms with Crippen LogP contribution in [-0.4, -0.2) is 28.0 Å². The third-order valence-electron chi connectivity index (χ3n) is 4.74. The molecule has 3 nitrogen and oxygen atoms in total. The first-order chi connectivity index (χ1) is 12.0. The fraction of sp³-hybridized carbons (Fsp3) is 0.316. The monoisotopic (exact) mass is 345 g/mol. The lowest BCUT2D eigenvalue weighted by Gasteiger charge is -2.15. The van der Waals surface area contributed by atoms with Crippen molar-refractivity contribution < 1.29 is 13.2 Å². The zero-order chi connectivity index (χ0) is 17.4. The van der Waals surface area contributed by atoms with Crippen molar-refractivity contribution in [1.82, 2.24) is 14.9 Å². The minimum absolute atomic E-state index is 0.227. The highest BCUT2D eigenvalue weighted by molar-refractivity contribution is 5.76. The molecule has 4 rings (SSSR count). The van der Waals surface area contributed by atoms with E-state index >= 15 is 0 Å². The molecule has 0 radical (unpaired) electrons. The van der Waals surface area contributed by atoms with Crippen molar-refractivity contribution in [2.45, 2.75) is 25.1 Å². The minimum Gasteiger partial charge on any atom is -0.342 e. The maximum Gasteiger partial charge on any atom is 0.416 e. The average Bonchev–Trinajstić information content (AvgIpc) is 3.20. The van der Waals surface area contributed by atoms with Gasteiger partial charge in [-0.15, -0.1) is 0 Å². The van der Waals surface area contributed by atoms with Crippen LogP contribution in [0.4, 0.5) is 13.2 Å². The van der Waals surface area contributed by atoms with Gasteiger partial charge >= 0.3 is 6.18 Å². The smallest absolute Gasteiger partial charge is 0.342 e. The largest absolute Gasteiger partial charge is 0.416 e. The molecule has 1 fully saturated rings. The number of alkyl halides is 3. The highest BCUT2D eigenvalue weighted by Crippen LogP contribution is 2.32. The molecule has 1 aliphatic heterocycles. The Morgan fingerprint density at radius 1 is 1.12 bits per heavy atom. The first-order valence-electron chi connectivity index (χ1n) is 8.32. The van der Waals surface area contributed by atoms with Crippen molar-refractivity contribution in [3.63, 3.8) is 0 Å². The Morgan fingerprint density at radius 3 is 2.68 bits per heavy atom. The summed E-state index contributed by atoms with van der Waals surface area (Å²) in [5.41, 5.74) is 1.66.